The standard InChI is InChI=1S/C8H13F3N2O3S/c1-2-17(15,16)13-6(14)7(8(9,10)11)3-4-12-5-7/h12H,2-5H2,1H3,(H,13,14). The number of hydrogen-bond donors (Lipinski definition) is 2. The summed E-state index contributed by atoms with van der Waals surface area (Å²) in [5.41, 5.74) is -2.64. The molecule has 1 fully saturated rings. The Morgan fingerprint density at radius 2 is 2.06 bits per heavy atom. The van der Waals surface area contributed by atoms with E-state index in [1.54, 1.807) is 0 Å². The molecule has 0 aromatic heterocycles. The van der Waals surface area contributed by atoms with Crippen LogP contribution in [0.2, 0.25) is 0 Å². The van der Waals surface area contributed by atoms with Crippen LogP contribution in [0.1, 0.15) is 13.3 Å². The maximum absolute atomic E-state index is 12.8. The number of halogens is 3. The van der Waals surface area contributed by atoms with E-state index in [0.29, 0.717) is 0 Å². The number of sulfonamides is 1. The quantitative estimate of drug-likeness (QED) is 0.759. The summed E-state index contributed by atoms with van der Waals surface area (Å²) in [6, 6.07) is 0. The molecule has 5 nitrogen and oxygen atoms in total. The third-order valence-corrected chi connectivity index (χ3v) is 4.02. The van der Waals surface area contributed by atoms with Gasteiger partial charge in [-0.1, -0.05) is 0 Å². The van der Waals surface area contributed by atoms with Crippen molar-refractivity contribution in [3.8, 4) is 0 Å². The minimum Gasteiger partial charge on any atom is -0.315 e. The first kappa shape index (κ1) is 14.2. The van der Waals surface area contributed by atoms with Gasteiger partial charge in [0.1, 0.15) is 0 Å². The van der Waals surface area contributed by atoms with Gasteiger partial charge < -0.3 is 5.32 Å². The molecule has 1 saturated heterocycles. The molecule has 2 N–H and O–H groups in total. The van der Waals surface area contributed by atoms with E-state index in [-0.39, 0.29) is 6.54 Å². The molecule has 1 heterocycles. The van der Waals surface area contributed by atoms with Crippen LogP contribution in [0.4, 0.5) is 13.2 Å². The predicted octanol–water partition coefficient (Wildman–Crippen LogP) is -0.00570. The van der Waals surface area contributed by atoms with Crippen LogP contribution < -0.4 is 10.0 Å². The van der Waals surface area contributed by atoms with Gasteiger partial charge in [0.25, 0.3) is 0 Å². The molecule has 0 radical (unpaired) electrons. The van der Waals surface area contributed by atoms with Gasteiger partial charge in [0.05, 0.1) is 5.75 Å². The molecule has 1 unspecified atom stereocenters. The highest BCUT2D eigenvalue weighted by Gasteiger charge is 2.61. The lowest BCUT2D eigenvalue weighted by Crippen LogP contribution is -2.53. The Morgan fingerprint density at radius 1 is 1.47 bits per heavy atom. The number of nitrogens with one attached hydrogen (secondary N) is 2. The molecule has 1 aliphatic heterocycles. The van der Waals surface area contributed by atoms with E-state index in [2.05, 4.69) is 5.32 Å². The van der Waals surface area contributed by atoms with Gasteiger partial charge in [-0.05, 0) is 19.9 Å². The monoisotopic (exact) mass is 274 g/mol. The average Bonchev–Trinajstić information content (AvgIpc) is 2.65. The Morgan fingerprint density at radius 3 is 2.41 bits per heavy atom. The largest absolute Gasteiger partial charge is 0.404 e. The molecule has 17 heavy (non-hydrogen) atoms. The lowest BCUT2D eigenvalue weighted by Gasteiger charge is -2.28. The van der Waals surface area contributed by atoms with Gasteiger partial charge in [-0.2, -0.15) is 13.2 Å². The van der Waals surface area contributed by atoms with E-state index in [1.807, 2.05) is 0 Å². The second-order valence-electron chi connectivity index (χ2n) is 3.84. The summed E-state index contributed by atoms with van der Waals surface area (Å²) in [5, 5.41) is 2.43. The van der Waals surface area contributed by atoms with Gasteiger partial charge in [0, 0.05) is 6.54 Å². The topological polar surface area (TPSA) is 75.3 Å². The summed E-state index contributed by atoms with van der Waals surface area (Å²) < 4.78 is 62.2. The van der Waals surface area contributed by atoms with E-state index < -0.39 is 46.2 Å². The first-order chi connectivity index (χ1) is 7.65. The first-order valence-corrected chi connectivity index (χ1v) is 6.62. The van der Waals surface area contributed by atoms with Crippen LogP contribution >= 0.6 is 0 Å². The molecule has 100 valence electrons. The van der Waals surface area contributed by atoms with Crippen LogP contribution in [-0.2, 0) is 14.8 Å². The molecule has 0 aromatic carbocycles. The van der Waals surface area contributed by atoms with Crippen molar-refractivity contribution in [1.82, 2.24) is 10.0 Å². The molecule has 0 saturated carbocycles. The predicted molar refractivity (Wildman–Crippen MR) is 53.6 cm³/mol. The van der Waals surface area contributed by atoms with Crippen LogP contribution in [0.3, 0.4) is 0 Å². The molecule has 1 amide bonds. The summed E-state index contributed by atoms with van der Waals surface area (Å²) in [5.74, 6) is -1.95. The Balaban J connectivity index is 2.98. The molecule has 0 aromatic rings. The molecule has 0 spiro atoms. The lowest BCUT2D eigenvalue weighted by atomic mass is 9.85. The molecule has 9 heteroatoms. The third kappa shape index (κ3) is 2.71. The Hall–Kier alpha value is -0.830. The van der Waals surface area contributed by atoms with Crippen LogP contribution in [0.15, 0.2) is 0 Å². The molecular formula is C8H13F3N2O3S. The number of carbonyl (C=O) groups is 1. The lowest BCUT2D eigenvalue weighted by molar-refractivity contribution is -0.215. The van der Waals surface area contributed by atoms with Crippen molar-refractivity contribution in [3.05, 3.63) is 0 Å². The van der Waals surface area contributed by atoms with Gasteiger partial charge in [0.15, 0.2) is 5.41 Å². The second-order valence-corrected chi connectivity index (χ2v) is 5.85. The minimum absolute atomic E-state index is 0.0269. The van der Waals surface area contributed by atoms with Crippen LogP contribution in [0.5, 0.6) is 0 Å². The maximum atomic E-state index is 12.8. The minimum atomic E-state index is -4.77. The van der Waals surface area contributed by atoms with Crippen LogP contribution in [0.25, 0.3) is 0 Å². The van der Waals surface area contributed by atoms with Crippen LogP contribution in [-0.4, -0.2) is 39.3 Å². The van der Waals surface area contributed by atoms with Gasteiger partial charge in [-0.25, -0.2) is 8.42 Å². The highest BCUT2D eigenvalue weighted by atomic mass is 32.2. The first-order valence-electron chi connectivity index (χ1n) is 4.97. The van der Waals surface area contributed by atoms with E-state index in [0.717, 1.165) is 0 Å². The maximum Gasteiger partial charge on any atom is 0.404 e. The zero-order valence-corrected chi connectivity index (χ0v) is 9.91. The Labute approximate surface area is 96.8 Å². The number of alkyl halides is 3. The molecule has 0 aliphatic carbocycles. The smallest absolute Gasteiger partial charge is 0.315 e. The van der Waals surface area contributed by atoms with Crippen LogP contribution in [0, 0.1) is 5.41 Å². The SMILES string of the molecule is CCS(=O)(=O)NC(=O)C1(C(F)(F)F)CCNC1. The highest BCUT2D eigenvalue weighted by molar-refractivity contribution is 7.90. The summed E-state index contributed by atoms with van der Waals surface area (Å²) in [4.78, 5) is 11.5. The third-order valence-electron chi connectivity index (χ3n) is 2.76. The average molecular weight is 274 g/mol. The molecule has 0 bridgehead atoms. The highest BCUT2D eigenvalue weighted by Crippen LogP contribution is 2.43. The van der Waals surface area contributed by atoms with Gasteiger partial charge >= 0.3 is 6.18 Å². The van der Waals surface area contributed by atoms with Crippen molar-refractivity contribution in [1.29, 1.82) is 0 Å². The van der Waals surface area contributed by atoms with E-state index >= 15 is 0 Å². The summed E-state index contributed by atoms with van der Waals surface area (Å²) >= 11 is 0. The molecule has 1 rings (SSSR count). The number of carbonyl (C=O) groups excluding carboxylic acids is 1. The van der Waals surface area contributed by atoms with Crippen molar-refractivity contribution >= 4 is 15.9 Å². The molecular weight excluding hydrogens is 261 g/mol. The zero-order valence-electron chi connectivity index (χ0n) is 9.10. The second kappa shape index (κ2) is 4.45. The van der Waals surface area contributed by atoms with Crippen molar-refractivity contribution in [2.45, 2.75) is 19.5 Å². The van der Waals surface area contributed by atoms with Crippen molar-refractivity contribution in [2.75, 3.05) is 18.8 Å². The molecule has 1 aliphatic rings. The molecule has 1 atom stereocenters. The zero-order chi connectivity index (χ0) is 13.3. The van der Waals surface area contributed by atoms with E-state index in [1.165, 1.54) is 11.6 Å². The van der Waals surface area contributed by atoms with Crippen molar-refractivity contribution in [2.24, 2.45) is 5.41 Å². The van der Waals surface area contributed by atoms with Gasteiger partial charge in [-0.15, -0.1) is 0 Å². The fourth-order valence-corrected chi connectivity index (χ4v) is 2.19. The Bertz CT molecular complexity index is 399. The summed E-state index contributed by atoms with van der Waals surface area (Å²) in [7, 11) is -3.98. The number of hydrogen-bond acceptors (Lipinski definition) is 4. The normalized spacial score (nSPS) is 25.9. The van der Waals surface area contributed by atoms with Gasteiger partial charge in [0.2, 0.25) is 15.9 Å². The van der Waals surface area contributed by atoms with Crippen molar-refractivity contribution < 1.29 is 26.4 Å². The van der Waals surface area contributed by atoms with Gasteiger partial charge in [-0.3, -0.25) is 9.52 Å². The van der Waals surface area contributed by atoms with Crippen molar-refractivity contribution in [3.63, 3.8) is 0 Å². The number of amides is 1. The Kier molecular flexibility index (Phi) is 3.72. The van der Waals surface area contributed by atoms with E-state index in [9.17, 15) is 26.4 Å². The fourth-order valence-electron chi connectivity index (χ4n) is 1.57. The summed E-state index contributed by atoms with van der Waals surface area (Å²) in [6.45, 7) is 0.670. The summed E-state index contributed by atoms with van der Waals surface area (Å²) in [6.07, 6.45) is -5.23. The number of rotatable bonds is 3. The van der Waals surface area contributed by atoms with E-state index in [4.69, 9.17) is 0 Å². The fraction of sp³-hybridized carbons (Fsp3) is 0.875.